The number of aromatic nitrogens is 4. The molecule has 52 heavy (non-hydrogen) atoms. The van der Waals surface area contributed by atoms with E-state index in [9.17, 15) is 28.2 Å². The maximum absolute atomic E-state index is 13.8. The maximum atomic E-state index is 13.8. The normalized spacial score (nSPS) is 21.5. The van der Waals surface area contributed by atoms with Gasteiger partial charge >= 0.3 is 12.1 Å². The van der Waals surface area contributed by atoms with Crippen molar-refractivity contribution in [3.8, 4) is 0 Å². The number of nitrogens with one attached hydrogen (secondary N) is 2. The molecule has 1 aliphatic carbocycles. The van der Waals surface area contributed by atoms with Crippen LogP contribution in [0.1, 0.15) is 69.5 Å². The fraction of sp³-hybridized carbons (Fsp3) is 0.526. The molecule has 280 valence electrons. The summed E-state index contributed by atoms with van der Waals surface area (Å²) in [6, 6.07) is 18.0. The van der Waals surface area contributed by atoms with Crippen LogP contribution in [0.3, 0.4) is 0 Å². The van der Waals surface area contributed by atoms with Gasteiger partial charge in [0, 0.05) is 32.1 Å². The first-order valence-corrected chi connectivity index (χ1v) is 18.1. The molecular formula is C38H49F3N8O3. The van der Waals surface area contributed by atoms with Gasteiger partial charge in [-0.3, -0.25) is 4.79 Å². The summed E-state index contributed by atoms with van der Waals surface area (Å²) in [6.45, 7) is 8.82. The molecule has 1 saturated carbocycles. The van der Waals surface area contributed by atoms with Crippen LogP contribution in [0.5, 0.6) is 0 Å². The molecule has 2 aliphatic rings. The number of benzene rings is 2. The monoisotopic (exact) mass is 722 g/mol. The first kappa shape index (κ1) is 37.5. The number of rotatable bonds is 12. The van der Waals surface area contributed by atoms with E-state index in [0.717, 1.165) is 43.6 Å². The lowest BCUT2D eigenvalue weighted by molar-refractivity contribution is -0.191. The lowest BCUT2D eigenvalue weighted by atomic mass is 9.91. The van der Waals surface area contributed by atoms with E-state index in [-0.39, 0.29) is 18.9 Å². The Kier molecular flexibility index (Phi) is 11.4. The number of likely N-dealkylation sites (tertiary alicyclic amines) is 1. The van der Waals surface area contributed by atoms with Crippen LogP contribution in [0.2, 0.25) is 0 Å². The third-order valence-corrected chi connectivity index (χ3v) is 9.99. The Morgan fingerprint density at radius 1 is 0.923 bits per heavy atom. The summed E-state index contributed by atoms with van der Waals surface area (Å²) < 4.78 is 43.0. The smallest absolute Gasteiger partial charge is 0.388 e. The van der Waals surface area contributed by atoms with Crippen molar-refractivity contribution >= 4 is 28.8 Å². The number of carbonyl (C=O) groups excluding carboxylic acids is 1. The standard InChI is InChI=1S/C38H49F3N8O3/c1-37(2,3)23-48(35(52)38(39,40)41)28-21-29(32(51)31(28)50)49-24-44-30-33(45-36(46-34(30)49)42-17-20-47-18-11-6-12-19-47)43-22-27(25-13-7-4-8-14-25)26-15-9-5-10-16-26/h4-5,7-10,13-16,24,27-29,31-32,50-51H,6,11-12,17-23H2,1-3H3,(H2,42,43,45,46)/t28-,29+,31+,32-/m0/s1. The van der Waals surface area contributed by atoms with Crippen LogP contribution in [0, 0.1) is 5.41 Å². The van der Waals surface area contributed by atoms with Crippen LogP contribution in [0.25, 0.3) is 11.2 Å². The highest BCUT2D eigenvalue weighted by atomic mass is 19.4. The predicted molar refractivity (Wildman–Crippen MR) is 194 cm³/mol. The number of carbonyl (C=O) groups is 1. The average molecular weight is 723 g/mol. The maximum Gasteiger partial charge on any atom is 0.471 e. The van der Waals surface area contributed by atoms with Crippen molar-refractivity contribution in [3.05, 3.63) is 78.1 Å². The van der Waals surface area contributed by atoms with Gasteiger partial charge in [-0.1, -0.05) is 87.9 Å². The Labute approximate surface area is 302 Å². The first-order chi connectivity index (χ1) is 24.8. The molecule has 0 spiro atoms. The van der Waals surface area contributed by atoms with Crippen LogP contribution >= 0.6 is 0 Å². The minimum atomic E-state index is -5.14. The van der Waals surface area contributed by atoms with Gasteiger partial charge in [-0.05, 0) is 48.9 Å². The fourth-order valence-corrected chi connectivity index (χ4v) is 7.45. The highest BCUT2D eigenvalue weighted by Gasteiger charge is 2.52. The van der Waals surface area contributed by atoms with Crippen molar-refractivity contribution < 1.29 is 28.2 Å². The molecule has 0 unspecified atom stereocenters. The number of amides is 1. The van der Waals surface area contributed by atoms with Gasteiger partial charge in [0.2, 0.25) is 5.95 Å². The number of anilines is 2. The number of alkyl halides is 3. The number of halogens is 3. The van der Waals surface area contributed by atoms with Gasteiger partial charge < -0.3 is 35.2 Å². The molecule has 4 aromatic rings. The number of aliphatic hydroxyl groups is 2. The zero-order valence-corrected chi connectivity index (χ0v) is 29.9. The number of aliphatic hydroxyl groups excluding tert-OH is 2. The van der Waals surface area contributed by atoms with Crippen molar-refractivity contribution in [2.24, 2.45) is 5.41 Å². The summed E-state index contributed by atoms with van der Waals surface area (Å²) in [5, 5.41) is 29.4. The molecule has 2 aromatic heterocycles. The molecule has 4 atom stereocenters. The van der Waals surface area contributed by atoms with Gasteiger partial charge in [0.05, 0.1) is 18.4 Å². The summed E-state index contributed by atoms with van der Waals surface area (Å²) in [6.07, 6.45) is -3.37. The van der Waals surface area contributed by atoms with E-state index < -0.39 is 41.8 Å². The Hall–Kier alpha value is -4.27. The van der Waals surface area contributed by atoms with E-state index in [1.54, 1.807) is 25.3 Å². The Bertz CT molecular complexity index is 1740. The number of fused-ring (bicyclic) bond motifs is 1. The third-order valence-electron chi connectivity index (χ3n) is 9.99. The van der Waals surface area contributed by atoms with Gasteiger partial charge in [0.1, 0.15) is 12.2 Å². The van der Waals surface area contributed by atoms with E-state index in [2.05, 4.69) is 44.8 Å². The second kappa shape index (κ2) is 15.8. The van der Waals surface area contributed by atoms with E-state index in [1.807, 2.05) is 36.4 Å². The lowest BCUT2D eigenvalue weighted by Crippen LogP contribution is -2.53. The highest BCUT2D eigenvalue weighted by molar-refractivity contribution is 5.85. The topological polar surface area (TPSA) is 132 Å². The summed E-state index contributed by atoms with van der Waals surface area (Å²) in [5.74, 6) is -1.30. The van der Waals surface area contributed by atoms with Crippen molar-refractivity contribution in [1.82, 2.24) is 29.3 Å². The second-order valence-corrected chi connectivity index (χ2v) is 15.1. The molecule has 2 aromatic carbocycles. The minimum absolute atomic E-state index is 0.0301. The summed E-state index contributed by atoms with van der Waals surface area (Å²) >= 11 is 0. The first-order valence-electron chi connectivity index (χ1n) is 18.1. The predicted octanol–water partition coefficient (Wildman–Crippen LogP) is 5.44. The second-order valence-electron chi connectivity index (χ2n) is 15.1. The number of nitrogens with zero attached hydrogens (tertiary/aromatic N) is 6. The Morgan fingerprint density at radius 2 is 1.56 bits per heavy atom. The number of hydrogen-bond donors (Lipinski definition) is 4. The molecule has 1 saturated heterocycles. The van der Waals surface area contributed by atoms with Gasteiger partial charge in [-0.2, -0.15) is 23.1 Å². The van der Waals surface area contributed by atoms with Crippen LogP contribution in [-0.2, 0) is 4.79 Å². The van der Waals surface area contributed by atoms with Crippen LogP contribution in [0.15, 0.2) is 67.0 Å². The molecular weight excluding hydrogens is 673 g/mol. The van der Waals surface area contributed by atoms with Crippen LogP contribution in [-0.4, -0.2) is 109 Å². The van der Waals surface area contributed by atoms with E-state index in [4.69, 9.17) is 9.97 Å². The number of piperidine rings is 1. The zero-order chi connectivity index (χ0) is 37.0. The van der Waals surface area contributed by atoms with Gasteiger partial charge in [0.15, 0.2) is 17.0 Å². The van der Waals surface area contributed by atoms with E-state index in [1.165, 1.54) is 12.7 Å². The number of hydrogen-bond acceptors (Lipinski definition) is 9. The third kappa shape index (κ3) is 8.67. The van der Waals surface area contributed by atoms with Gasteiger partial charge in [-0.15, -0.1) is 0 Å². The van der Waals surface area contributed by atoms with Crippen molar-refractivity contribution in [3.63, 3.8) is 0 Å². The van der Waals surface area contributed by atoms with Crippen molar-refractivity contribution in [2.45, 2.75) is 82.8 Å². The lowest BCUT2D eigenvalue weighted by Gasteiger charge is -2.36. The summed E-state index contributed by atoms with van der Waals surface area (Å²) in [4.78, 5) is 30.0. The minimum Gasteiger partial charge on any atom is -0.388 e. The summed E-state index contributed by atoms with van der Waals surface area (Å²) in [5.41, 5.74) is 2.27. The molecule has 4 N–H and O–H groups in total. The molecule has 2 fully saturated rings. The van der Waals surface area contributed by atoms with Crippen molar-refractivity contribution in [1.29, 1.82) is 0 Å². The van der Waals surface area contributed by atoms with Crippen molar-refractivity contribution in [2.75, 3.05) is 49.9 Å². The molecule has 11 nitrogen and oxygen atoms in total. The molecule has 6 rings (SSSR count). The fourth-order valence-electron chi connectivity index (χ4n) is 7.45. The van der Waals surface area contributed by atoms with Crippen LogP contribution < -0.4 is 10.6 Å². The van der Waals surface area contributed by atoms with Crippen LogP contribution in [0.4, 0.5) is 24.9 Å². The van der Waals surface area contributed by atoms with E-state index >= 15 is 0 Å². The number of imidazole rings is 1. The molecule has 3 heterocycles. The average Bonchev–Trinajstić information content (AvgIpc) is 3.67. The van der Waals surface area contributed by atoms with E-state index in [0.29, 0.717) is 40.9 Å². The molecule has 0 bridgehead atoms. The SMILES string of the molecule is CC(C)(C)CN(C(=O)C(F)(F)F)[C@H]1C[C@@H](n2cnc3c(NCC(c4ccccc4)c4ccccc4)nc(NCCN4CCCCC4)nc32)[C@H](O)[C@@H]1O. The molecule has 0 radical (unpaired) electrons. The molecule has 14 heteroatoms. The quantitative estimate of drug-likeness (QED) is 0.151. The highest BCUT2D eigenvalue weighted by Crippen LogP contribution is 2.39. The Morgan fingerprint density at radius 3 is 2.15 bits per heavy atom. The van der Waals surface area contributed by atoms with Gasteiger partial charge in [-0.25, -0.2) is 4.98 Å². The molecule has 1 amide bonds. The molecule has 1 aliphatic heterocycles. The van der Waals surface area contributed by atoms with Gasteiger partial charge in [0.25, 0.3) is 0 Å². The summed E-state index contributed by atoms with van der Waals surface area (Å²) in [7, 11) is 0. The Balaban J connectivity index is 1.33. The zero-order valence-electron chi connectivity index (χ0n) is 29.9. The largest absolute Gasteiger partial charge is 0.471 e.